The van der Waals surface area contributed by atoms with Gasteiger partial charge in [0.1, 0.15) is 13.2 Å². The van der Waals surface area contributed by atoms with Gasteiger partial charge in [-0.2, -0.15) is 0 Å². The van der Waals surface area contributed by atoms with Gasteiger partial charge in [0, 0.05) is 6.42 Å². The first kappa shape index (κ1) is 62.0. The molecule has 0 saturated carbocycles. The summed E-state index contributed by atoms with van der Waals surface area (Å²) >= 11 is 0. The highest BCUT2D eigenvalue weighted by atomic mass is 31.2. The summed E-state index contributed by atoms with van der Waals surface area (Å²) in [7, 11) is 1.26. The van der Waals surface area contributed by atoms with E-state index in [9.17, 15) is 19.4 Å². The van der Waals surface area contributed by atoms with Crippen LogP contribution in [0.1, 0.15) is 264 Å². The number of carbonyl (C=O) groups excluding carboxylic acids is 1. The standard InChI is InChI=1S/C54H107N2O6P/c1-6-8-10-12-14-16-18-20-22-24-26-27-28-30-31-33-35-37-39-41-43-45-47-53(57)52(51-62-63(59,60)61-50-49-56(3,4)5)55-54(58)48-46-44-42-40-38-36-34-32-29-25-23-21-19-17-15-13-11-9-7-2/h37,39,45,47,52-53,57H,6-36,38,40-44,46,48-51H2,1-5H3,(H-,55,58,59,60)/b39-37+,47-45+. The van der Waals surface area contributed by atoms with Gasteiger partial charge in [-0.05, 0) is 32.1 Å². The highest BCUT2D eigenvalue weighted by Gasteiger charge is 2.23. The Morgan fingerprint density at radius 1 is 0.540 bits per heavy atom. The fourth-order valence-corrected chi connectivity index (χ4v) is 8.84. The summed E-state index contributed by atoms with van der Waals surface area (Å²) < 4.78 is 23.3. The van der Waals surface area contributed by atoms with Crippen molar-refractivity contribution in [2.24, 2.45) is 0 Å². The van der Waals surface area contributed by atoms with Crippen molar-refractivity contribution in [2.45, 2.75) is 276 Å². The maximum Gasteiger partial charge on any atom is 0.268 e. The first-order valence-corrected chi connectivity index (χ1v) is 28.7. The zero-order valence-electron chi connectivity index (χ0n) is 42.5. The number of nitrogens with zero attached hydrogens (tertiary/aromatic N) is 1. The minimum absolute atomic E-state index is 0.00382. The molecule has 0 aliphatic carbocycles. The van der Waals surface area contributed by atoms with E-state index in [2.05, 4.69) is 31.3 Å². The van der Waals surface area contributed by atoms with Crippen molar-refractivity contribution in [3.05, 3.63) is 24.3 Å². The zero-order valence-corrected chi connectivity index (χ0v) is 43.4. The Kier molecular flexibility index (Phi) is 45.4. The molecule has 2 N–H and O–H groups in total. The van der Waals surface area contributed by atoms with E-state index in [1.54, 1.807) is 6.08 Å². The first-order valence-electron chi connectivity index (χ1n) is 27.2. The number of aliphatic hydroxyl groups excluding tert-OH is 1. The van der Waals surface area contributed by atoms with E-state index in [0.29, 0.717) is 17.4 Å². The van der Waals surface area contributed by atoms with E-state index in [4.69, 9.17) is 9.05 Å². The molecule has 0 saturated heterocycles. The maximum atomic E-state index is 12.9. The molecule has 3 atom stereocenters. The zero-order chi connectivity index (χ0) is 46.4. The van der Waals surface area contributed by atoms with Crippen LogP contribution >= 0.6 is 7.82 Å². The molecule has 0 heterocycles. The number of rotatable bonds is 50. The van der Waals surface area contributed by atoms with Gasteiger partial charge in [-0.1, -0.05) is 250 Å². The molecule has 1 amide bonds. The van der Waals surface area contributed by atoms with Gasteiger partial charge in [0.05, 0.1) is 39.9 Å². The highest BCUT2D eigenvalue weighted by Crippen LogP contribution is 2.38. The molecule has 0 aliphatic heterocycles. The maximum absolute atomic E-state index is 12.9. The first-order chi connectivity index (χ1) is 30.5. The topological polar surface area (TPSA) is 108 Å². The molecule has 0 radical (unpaired) electrons. The van der Waals surface area contributed by atoms with E-state index in [1.807, 2.05) is 27.2 Å². The molecule has 9 heteroatoms. The van der Waals surface area contributed by atoms with Crippen LogP contribution in [0.5, 0.6) is 0 Å². The lowest BCUT2D eigenvalue weighted by Gasteiger charge is -2.29. The number of quaternary nitrogens is 1. The van der Waals surface area contributed by atoms with Crippen LogP contribution in [-0.4, -0.2) is 68.5 Å². The third-order valence-corrected chi connectivity index (χ3v) is 13.4. The summed E-state index contributed by atoms with van der Waals surface area (Å²) in [5.74, 6) is -0.202. The van der Waals surface area contributed by atoms with Gasteiger partial charge in [-0.3, -0.25) is 9.36 Å². The van der Waals surface area contributed by atoms with Crippen LogP contribution in [0.2, 0.25) is 0 Å². The molecule has 0 aromatic heterocycles. The fourth-order valence-electron chi connectivity index (χ4n) is 8.11. The van der Waals surface area contributed by atoms with Crippen LogP contribution in [-0.2, 0) is 18.4 Å². The molecule has 8 nitrogen and oxygen atoms in total. The summed E-state index contributed by atoms with van der Waals surface area (Å²) in [6, 6.07) is -0.899. The van der Waals surface area contributed by atoms with E-state index in [-0.39, 0.29) is 19.1 Å². The number of phosphoric acid groups is 1. The van der Waals surface area contributed by atoms with Crippen molar-refractivity contribution in [1.82, 2.24) is 5.32 Å². The average molecular weight is 911 g/mol. The van der Waals surface area contributed by atoms with Gasteiger partial charge < -0.3 is 28.8 Å². The number of amides is 1. The average Bonchev–Trinajstić information content (AvgIpc) is 3.24. The van der Waals surface area contributed by atoms with E-state index >= 15 is 0 Å². The van der Waals surface area contributed by atoms with Gasteiger partial charge in [0.15, 0.2) is 0 Å². The summed E-state index contributed by atoms with van der Waals surface area (Å²) in [4.78, 5) is 25.4. The number of likely N-dealkylation sites (N-methyl/N-ethyl adjacent to an activating group) is 1. The minimum Gasteiger partial charge on any atom is -0.756 e. The monoisotopic (exact) mass is 911 g/mol. The lowest BCUT2D eigenvalue weighted by atomic mass is 10.0. The Hall–Kier alpha value is -1.02. The second-order valence-electron chi connectivity index (χ2n) is 19.9. The van der Waals surface area contributed by atoms with E-state index in [0.717, 1.165) is 38.5 Å². The van der Waals surface area contributed by atoms with E-state index in [1.165, 1.54) is 205 Å². The largest absolute Gasteiger partial charge is 0.756 e. The third-order valence-electron chi connectivity index (χ3n) is 12.4. The van der Waals surface area contributed by atoms with Crippen molar-refractivity contribution < 1.29 is 32.9 Å². The van der Waals surface area contributed by atoms with Crippen LogP contribution < -0.4 is 10.2 Å². The molecule has 63 heavy (non-hydrogen) atoms. The van der Waals surface area contributed by atoms with Crippen LogP contribution in [0.4, 0.5) is 0 Å². The Bertz CT molecular complexity index is 1080. The number of allylic oxidation sites excluding steroid dienone is 3. The fraction of sp³-hybridized carbons (Fsp3) is 0.907. The number of nitrogens with one attached hydrogen (secondary N) is 1. The third kappa shape index (κ3) is 48.7. The molecular weight excluding hydrogens is 804 g/mol. The molecule has 3 unspecified atom stereocenters. The Labute approximate surface area is 392 Å². The number of phosphoric ester groups is 1. The Morgan fingerprint density at radius 3 is 1.29 bits per heavy atom. The van der Waals surface area contributed by atoms with Crippen molar-refractivity contribution in [3.63, 3.8) is 0 Å². The van der Waals surface area contributed by atoms with Gasteiger partial charge in [0.25, 0.3) is 7.82 Å². The van der Waals surface area contributed by atoms with Crippen molar-refractivity contribution in [2.75, 3.05) is 40.9 Å². The second kappa shape index (κ2) is 46.1. The molecular formula is C54H107N2O6P. The summed E-state index contributed by atoms with van der Waals surface area (Å²) in [5, 5.41) is 13.8. The predicted octanol–water partition coefficient (Wildman–Crippen LogP) is 15.4. The number of aliphatic hydroxyl groups is 1. The van der Waals surface area contributed by atoms with E-state index < -0.39 is 20.0 Å². The predicted molar refractivity (Wildman–Crippen MR) is 270 cm³/mol. The van der Waals surface area contributed by atoms with Crippen molar-refractivity contribution in [3.8, 4) is 0 Å². The minimum atomic E-state index is -4.60. The van der Waals surface area contributed by atoms with Crippen LogP contribution in [0.15, 0.2) is 24.3 Å². The molecule has 0 aliphatic rings. The summed E-state index contributed by atoms with van der Waals surface area (Å²) in [5.41, 5.74) is 0. The lowest BCUT2D eigenvalue weighted by molar-refractivity contribution is -0.870. The highest BCUT2D eigenvalue weighted by molar-refractivity contribution is 7.45. The molecule has 0 bridgehead atoms. The number of hydrogen-bond acceptors (Lipinski definition) is 6. The quantitative estimate of drug-likeness (QED) is 0.0272. The normalized spacial score (nSPS) is 14.2. The second-order valence-corrected chi connectivity index (χ2v) is 21.3. The smallest absolute Gasteiger partial charge is 0.268 e. The molecule has 0 fully saturated rings. The SMILES string of the molecule is CCCCCCCCCCCCCCCCCC/C=C/CC/C=C/C(O)C(COP(=O)([O-])OCC[N+](C)(C)C)NC(=O)CCCCCCCCCCCCCCCCCCCCC. The number of unbranched alkanes of at least 4 members (excludes halogenated alkanes) is 35. The Balaban J connectivity index is 4.29. The summed E-state index contributed by atoms with van der Waals surface area (Å²) in [6.45, 7) is 4.67. The van der Waals surface area contributed by atoms with Gasteiger partial charge >= 0.3 is 0 Å². The number of carbonyl (C=O) groups is 1. The number of hydrogen-bond donors (Lipinski definition) is 2. The molecule has 0 aromatic rings. The molecule has 0 rings (SSSR count). The lowest BCUT2D eigenvalue weighted by Crippen LogP contribution is -2.45. The van der Waals surface area contributed by atoms with Crippen LogP contribution in [0.3, 0.4) is 0 Å². The van der Waals surface area contributed by atoms with Gasteiger partial charge in [0.2, 0.25) is 5.91 Å². The molecule has 374 valence electrons. The van der Waals surface area contributed by atoms with Crippen LogP contribution in [0.25, 0.3) is 0 Å². The van der Waals surface area contributed by atoms with Crippen molar-refractivity contribution in [1.29, 1.82) is 0 Å². The Morgan fingerprint density at radius 2 is 0.889 bits per heavy atom. The van der Waals surface area contributed by atoms with Crippen molar-refractivity contribution >= 4 is 13.7 Å². The molecule has 0 spiro atoms. The summed E-state index contributed by atoms with van der Waals surface area (Å²) in [6.07, 6.45) is 56.7. The van der Waals surface area contributed by atoms with Gasteiger partial charge in [-0.15, -0.1) is 0 Å². The van der Waals surface area contributed by atoms with Crippen LogP contribution in [0, 0.1) is 0 Å². The van der Waals surface area contributed by atoms with Gasteiger partial charge in [-0.25, -0.2) is 0 Å². The molecule has 0 aromatic carbocycles.